The van der Waals surface area contributed by atoms with Crippen LogP contribution in [0.3, 0.4) is 0 Å². The van der Waals surface area contributed by atoms with Crippen molar-refractivity contribution in [3.05, 3.63) is 105 Å². The monoisotopic (exact) mass is 942 g/mol. The van der Waals surface area contributed by atoms with Gasteiger partial charge in [0.05, 0.1) is 27.0 Å². The molecule has 0 radical (unpaired) electrons. The van der Waals surface area contributed by atoms with Gasteiger partial charge in [-0.1, -0.05) is 38.1 Å². The van der Waals surface area contributed by atoms with Crippen LogP contribution in [0.4, 0.5) is 17.1 Å². The van der Waals surface area contributed by atoms with Crippen molar-refractivity contribution >= 4 is 44.0 Å². The maximum absolute atomic E-state index is 14.2. The normalized spacial score (nSPS) is 23.9. The fourth-order valence-electron chi connectivity index (χ4n) is 11.6. The van der Waals surface area contributed by atoms with Crippen molar-refractivity contribution in [1.29, 1.82) is 5.26 Å². The van der Waals surface area contributed by atoms with Crippen molar-refractivity contribution in [1.82, 2.24) is 19.6 Å². The number of anilines is 2. The van der Waals surface area contributed by atoms with E-state index in [0.717, 1.165) is 57.1 Å². The molecule has 5 aliphatic rings. The van der Waals surface area contributed by atoms with Gasteiger partial charge in [0.1, 0.15) is 24.1 Å². The molecule has 2 atom stereocenters. The van der Waals surface area contributed by atoms with Crippen molar-refractivity contribution in [2.75, 3.05) is 36.5 Å². The summed E-state index contributed by atoms with van der Waals surface area (Å²) in [6.45, 7) is 9.18. The van der Waals surface area contributed by atoms with Crippen LogP contribution < -0.4 is 24.4 Å². The summed E-state index contributed by atoms with van der Waals surface area (Å²) in [6, 6.07) is 22.2. The predicted octanol–water partition coefficient (Wildman–Crippen LogP) is 9.08. The number of hydrogen-bond donors (Lipinski definition) is 4. The summed E-state index contributed by atoms with van der Waals surface area (Å²) >= 11 is 0. The number of aromatic nitrogens is 2. The number of amides is 1. The van der Waals surface area contributed by atoms with E-state index in [-0.39, 0.29) is 58.2 Å². The molecule has 10 rings (SSSR count). The SMILES string of the molecule is CC(C)c1ccccc1[C@H]1CCCN1C1CC2(CCN(c3ccc(C(=O)NS(=O)(=O)c4cc5c(c([N+](=O)[O-])c4)N[C@@H](C4CCC(C)(O)CC4)CO5)c(Oc4cc5cc[nH]c5nc4C#N)c3)CC2)C1. The number of aromatic amines is 1. The van der Waals surface area contributed by atoms with Crippen LogP contribution in [0, 0.1) is 32.8 Å². The molecule has 3 aliphatic heterocycles. The van der Waals surface area contributed by atoms with Gasteiger partial charge in [0.2, 0.25) is 0 Å². The number of ether oxygens (including phenoxy) is 2. The second-order valence-corrected chi connectivity index (χ2v) is 22.0. The molecule has 2 aromatic heterocycles. The molecule has 16 nitrogen and oxygen atoms in total. The van der Waals surface area contributed by atoms with E-state index in [1.54, 1.807) is 37.4 Å². The van der Waals surface area contributed by atoms with Gasteiger partial charge < -0.3 is 29.8 Å². The molecule has 4 N–H and O–H groups in total. The minimum absolute atomic E-state index is 0.00774. The van der Waals surface area contributed by atoms with E-state index in [4.69, 9.17) is 9.47 Å². The third-order valence-corrected chi connectivity index (χ3v) is 16.8. The predicted molar refractivity (Wildman–Crippen MR) is 257 cm³/mol. The average molecular weight is 943 g/mol. The smallest absolute Gasteiger partial charge is 0.297 e. The molecule has 1 amide bonds. The third-order valence-electron chi connectivity index (χ3n) is 15.5. The maximum atomic E-state index is 14.2. The van der Waals surface area contributed by atoms with E-state index >= 15 is 0 Å². The molecular weight excluding hydrogens is 885 g/mol. The number of aliphatic hydroxyl groups is 1. The Morgan fingerprint density at radius 3 is 2.53 bits per heavy atom. The van der Waals surface area contributed by atoms with Gasteiger partial charge in [-0.2, -0.15) is 5.26 Å². The first-order chi connectivity index (χ1) is 32.6. The Morgan fingerprint density at radius 2 is 1.79 bits per heavy atom. The average Bonchev–Trinajstić information content (AvgIpc) is 3.99. The molecule has 5 heterocycles. The summed E-state index contributed by atoms with van der Waals surface area (Å²) in [4.78, 5) is 37.8. The number of nitrogens with zero attached hydrogens (tertiary/aromatic N) is 5. The van der Waals surface area contributed by atoms with Crippen LogP contribution in [0.15, 0.2) is 77.8 Å². The highest BCUT2D eigenvalue weighted by Crippen LogP contribution is 2.54. The highest BCUT2D eigenvalue weighted by Gasteiger charge is 2.50. The zero-order valence-electron chi connectivity index (χ0n) is 38.7. The van der Waals surface area contributed by atoms with Gasteiger partial charge in [0.15, 0.2) is 22.9 Å². The van der Waals surface area contributed by atoms with Crippen molar-refractivity contribution in [2.24, 2.45) is 11.3 Å². The topological polar surface area (TPSA) is 216 Å². The van der Waals surface area contributed by atoms with Crippen LogP contribution >= 0.6 is 0 Å². The van der Waals surface area contributed by atoms with E-state index in [0.29, 0.717) is 54.7 Å². The van der Waals surface area contributed by atoms with Crippen LogP contribution in [-0.2, 0) is 10.0 Å². The van der Waals surface area contributed by atoms with Crippen LogP contribution in [0.1, 0.15) is 124 Å². The molecule has 2 saturated heterocycles. The summed E-state index contributed by atoms with van der Waals surface area (Å²) in [7, 11) is -4.72. The zero-order chi connectivity index (χ0) is 47.5. The van der Waals surface area contributed by atoms with Gasteiger partial charge in [-0.05, 0) is 130 Å². The van der Waals surface area contributed by atoms with E-state index in [1.807, 2.05) is 0 Å². The number of sulfonamides is 1. The molecule has 5 aromatic rings. The molecule has 1 spiro atoms. The Balaban J connectivity index is 0.876. The summed E-state index contributed by atoms with van der Waals surface area (Å²) < 4.78 is 42.5. The number of hydrogen-bond acceptors (Lipinski definition) is 13. The number of carbonyl (C=O) groups excluding carboxylic acids is 1. The maximum Gasteiger partial charge on any atom is 0.297 e. The van der Waals surface area contributed by atoms with Crippen molar-refractivity contribution in [2.45, 2.75) is 120 Å². The first-order valence-electron chi connectivity index (χ1n) is 23.9. The van der Waals surface area contributed by atoms with Crippen LogP contribution in [0.25, 0.3) is 11.0 Å². The number of rotatable bonds is 11. The van der Waals surface area contributed by atoms with Gasteiger partial charge in [0, 0.05) is 60.6 Å². The van der Waals surface area contributed by atoms with Crippen molar-refractivity contribution < 1.29 is 32.7 Å². The summed E-state index contributed by atoms with van der Waals surface area (Å²) in [5.74, 6) is -0.411. The minimum atomic E-state index is -4.72. The standard InChI is InChI=1S/C51H58N8O8S/c1-31(2)37-7-4-5-8-38(37)42-9-6-20-58(42)35-27-51(28-35)17-21-57(22-18-51)34-10-11-39(44(24-34)67-45-23-33-14-19-53-48(33)55-40(45)29-52)49(60)56-68(64,65)36-25-43(59(62)63)47-46(26-36)66-30-41(54-47)32-12-15-50(3,61)16-13-32/h4-5,7-8,10-11,14,19,23-26,31-32,35,41-42,54,61H,6,9,12-13,15-18,20-22,27-28,30H2,1-3H3,(H,53,55)(H,56,60)/t32?,41-,42-,50?/m1/s1. The van der Waals surface area contributed by atoms with E-state index in [9.17, 15) is 33.7 Å². The molecule has 356 valence electrons. The molecule has 0 unspecified atom stereocenters. The lowest BCUT2D eigenvalue weighted by atomic mass is 9.59. The second-order valence-electron chi connectivity index (χ2n) is 20.3. The number of likely N-dealkylation sites (tertiary alicyclic amines) is 1. The summed E-state index contributed by atoms with van der Waals surface area (Å²) in [6.07, 6.45) is 11.0. The number of piperidine rings is 1. The number of nitriles is 1. The Kier molecular flexibility index (Phi) is 11.9. The Hall–Kier alpha value is -6.22. The fourth-order valence-corrected chi connectivity index (χ4v) is 12.6. The number of carbonyl (C=O) groups is 1. The molecular formula is C51H58N8O8S. The van der Waals surface area contributed by atoms with Crippen molar-refractivity contribution in [3.63, 3.8) is 0 Å². The number of benzene rings is 3. The van der Waals surface area contributed by atoms with Crippen LogP contribution in [0.2, 0.25) is 0 Å². The molecule has 0 bridgehead atoms. The number of H-pyrrole nitrogens is 1. The van der Waals surface area contributed by atoms with E-state index in [2.05, 4.69) is 74.0 Å². The first-order valence-corrected chi connectivity index (χ1v) is 25.4. The number of fused-ring (bicyclic) bond motifs is 2. The molecule has 68 heavy (non-hydrogen) atoms. The van der Waals surface area contributed by atoms with Gasteiger partial charge >= 0.3 is 0 Å². The third kappa shape index (κ3) is 8.73. The summed E-state index contributed by atoms with van der Waals surface area (Å²) in [5.41, 5.74) is 3.04. The van der Waals surface area contributed by atoms with E-state index in [1.165, 1.54) is 36.1 Å². The highest BCUT2D eigenvalue weighted by atomic mass is 32.2. The van der Waals surface area contributed by atoms with Crippen LogP contribution in [0.5, 0.6) is 17.2 Å². The molecule has 2 saturated carbocycles. The van der Waals surface area contributed by atoms with E-state index < -0.39 is 37.0 Å². The second kappa shape index (κ2) is 17.7. The molecule has 3 aromatic carbocycles. The van der Waals surface area contributed by atoms with Gasteiger partial charge in [-0.3, -0.25) is 19.8 Å². The zero-order valence-corrected chi connectivity index (χ0v) is 39.5. The number of nitrogens with one attached hydrogen (secondary N) is 3. The Morgan fingerprint density at radius 1 is 1.03 bits per heavy atom. The van der Waals surface area contributed by atoms with Gasteiger partial charge in [-0.15, -0.1) is 0 Å². The number of nitro groups is 1. The fraction of sp³-hybridized carbons (Fsp3) is 0.471. The lowest BCUT2D eigenvalue weighted by molar-refractivity contribution is -0.384. The Bertz CT molecular complexity index is 2920. The van der Waals surface area contributed by atoms with Crippen LogP contribution in [-0.4, -0.2) is 83.1 Å². The quantitative estimate of drug-likeness (QED) is 0.0719. The lowest BCUT2D eigenvalue weighted by Gasteiger charge is -2.56. The highest BCUT2D eigenvalue weighted by molar-refractivity contribution is 7.90. The summed E-state index contributed by atoms with van der Waals surface area (Å²) in [5, 5.41) is 36.8. The van der Waals surface area contributed by atoms with Gasteiger partial charge in [-0.25, -0.2) is 18.1 Å². The molecule has 17 heteroatoms. The minimum Gasteiger partial charge on any atom is -0.489 e. The molecule has 4 fully saturated rings. The first kappa shape index (κ1) is 45.6. The largest absolute Gasteiger partial charge is 0.489 e. The van der Waals surface area contributed by atoms with Gasteiger partial charge in [0.25, 0.3) is 21.6 Å². The van der Waals surface area contributed by atoms with Crippen molar-refractivity contribution in [3.8, 4) is 23.3 Å². The Labute approximate surface area is 396 Å². The number of pyridine rings is 1. The number of nitro benzene ring substituents is 1. The lowest BCUT2D eigenvalue weighted by Crippen LogP contribution is -2.54. The molecule has 2 aliphatic carbocycles.